The number of rotatable bonds is 4. The maximum Gasteiger partial charge on any atom is 0.329 e. The summed E-state index contributed by atoms with van der Waals surface area (Å²) in [4.78, 5) is 23.8. The number of aromatic nitrogens is 4. The van der Waals surface area contributed by atoms with Crippen LogP contribution in [0.4, 0.5) is 0 Å². The van der Waals surface area contributed by atoms with Gasteiger partial charge in [-0.3, -0.25) is 9.55 Å². The number of aliphatic hydroxyl groups excluding tert-OH is 1. The van der Waals surface area contributed by atoms with Crippen LogP contribution >= 0.6 is 0 Å². The largest absolute Gasteiger partial charge is 0.396 e. The van der Waals surface area contributed by atoms with E-state index in [1.807, 2.05) is 44.2 Å². The van der Waals surface area contributed by atoms with E-state index in [9.17, 15) is 9.90 Å². The summed E-state index contributed by atoms with van der Waals surface area (Å²) in [6.07, 6.45) is 1.65. The topological polar surface area (TPSA) is 83.8 Å². The molecule has 1 aromatic carbocycles. The summed E-state index contributed by atoms with van der Waals surface area (Å²) < 4.78 is 1.57. The number of imidazole rings is 1. The number of nitrogens with zero attached hydrogens (tertiary/aromatic N) is 3. The molecule has 0 aliphatic carbocycles. The summed E-state index contributed by atoms with van der Waals surface area (Å²) in [6, 6.07) is 9.53. The number of aliphatic hydroxyl groups is 1. The molecule has 0 saturated heterocycles. The standard InChI is InChI=1S/C16H18N4O2/c1-10(9-21)11(2)20-15-14(19-16(20)22)17-8-13(18-15)12-6-4-3-5-7-12/h3-8,10-11,21H,9H2,1-2H3,(H,17,19,22)/t10-,11+/m0/s1. The molecule has 0 fully saturated rings. The van der Waals surface area contributed by atoms with Crippen molar-refractivity contribution in [3.63, 3.8) is 0 Å². The van der Waals surface area contributed by atoms with Crippen LogP contribution in [0.1, 0.15) is 19.9 Å². The van der Waals surface area contributed by atoms with Crippen LogP contribution in [0.25, 0.3) is 22.6 Å². The SMILES string of the molecule is C[C@H]([C@@H](C)CO)n1c(=O)[nH]c2ncc(-c3ccccc3)nc21. The van der Waals surface area contributed by atoms with Crippen LogP contribution in [-0.2, 0) is 0 Å². The molecule has 6 heteroatoms. The number of benzene rings is 1. The van der Waals surface area contributed by atoms with Crippen LogP contribution in [0.2, 0.25) is 0 Å². The van der Waals surface area contributed by atoms with E-state index in [-0.39, 0.29) is 24.3 Å². The molecular weight excluding hydrogens is 280 g/mol. The van der Waals surface area contributed by atoms with E-state index < -0.39 is 0 Å². The highest BCUT2D eigenvalue weighted by Gasteiger charge is 2.20. The molecule has 0 amide bonds. The van der Waals surface area contributed by atoms with E-state index in [0.29, 0.717) is 17.0 Å². The van der Waals surface area contributed by atoms with Crippen LogP contribution in [0.5, 0.6) is 0 Å². The Balaban J connectivity index is 2.17. The summed E-state index contributed by atoms with van der Waals surface area (Å²) in [6.45, 7) is 3.79. The van der Waals surface area contributed by atoms with Gasteiger partial charge >= 0.3 is 5.69 Å². The molecule has 6 nitrogen and oxygen atoms in total. The van der Waals surface area contributed by atoms with Crippen LogP contribution < -0.4 is 5.69 Å². The van der Waals surface area contributed by atoms with Gasteiger partial charge < -0.3 is 5.11 Å². The molecule has 2 aromatic heterocycles. The van der Waals surface area contributed by atoms with Gasteiger partial charge in [-0.05, 0) is 12.8 Å². The summed E-state index contributed by atoms with van der Waals surface area (Å²) in [5, 5.41) is 9.34. The zero-order valence-corrected chi connectivity index (χ0v) is 12.5. The smallest absolute Gasteiger partial charge is 0.329 e. The lowest BCUT2D eigenvalue weighted by Crippen LogP contribution is -2.26. The summed E-state index contributed by atoms with van der Waals surface area (Å²) in [5.74, 6) is -0.0566. The summed E-state index contributed by atoms with van der Waals surface area (Å²) >= 11 is 0. The fourth-order valence-corrected chi connectivity index (χ4v) is 2.43. The van der Waals surface area contributed by atoms with Gasteiger partial charge in [-0.2, -0.15) is 0 Å². The van der Waals surface area contributed by atoms with Crippen molar-refractivity contribution in [3.05, 3.63) is 47.0 Å². The third-order valence-corrected chi connectivity index (χ3v) is 4.01. The van der Waals surface area contributed by atoms with E-state index in [1.54, 1.807) is 10.8 Å². The second-order valence-corrected chi connectivity index (χ2v) is 5.49. The Morgan fingerprint density at radius 3 is 2.68 bits per heavy atom. The number of hydrogen-bond acceptors (Lipinski definition) is 4. The molecule has 3 aromatic rings. The van der Waals surface area contributed by atoms with Crippen molar-refractivity contribution in [2.75, 3.05) is 6.61 Å². The molecular formula is C16H18N4O2. The average Bonchev–Trinajstić information content (AvgIpc) is 2.89. The number of aromatic amines is 1. The Kier molecular flexibility index (Phi) is 3.77. The number of fused-ring (bicyclic) bond motifs is 1. The molecule has 0 aliphatic heterocycles. The Hall–Kier alpha value is -2.47. The molecule has 3 rings (SSSR count). The third-order valence-electron chi connectivity index (χ3n) is 4.01. The van der Waals surface area contributed by atoms with Crippen LogP contribution in [0.15, 0.2) is 41.3 Å². The summed E-state index contributed by atoms with van der Waals surface area (Å²) in [5.41, 5.74) is 2.37. The Bertz CT molecular complexity index is 838. The van der Waals surface area contributed by atoms with Crippen molar-refractivity contribution >= 4 is 11.3 Å². The van der Waals surface area contributed by atoms with Gasteiger partial charge in [0.25, 0.3) is 0 Å². The van der Waals surface area contributed by atoms with Crippen molar-refractivity contribution in [2.45, 2.75) is 19.9 Å². The van der Waals surface area contributed by atoms with E-state index >= 15 is 0 Å². The monoisotopic (exact) mass is 298 g/mol. The number of nitrogens with one attached hydrogen (secondary N) is 1. The number of H-pyrrole nitrogens is 1. The fourth-order valence-electron chi connectivity index (χ4n) is 2.43. The van der Waals surface area contributed by atoms with Gasteiger partial charge in [0.15, 0.2) is 11.3 Å². The lowest BCUT2D eigenvalue weighted by atomic mass is 10.1. The molecule has 114 valence electrons. The van der Waals surface area contributed by atoms with Crippen LogP contribution in [-0.4, -0.2) is 31.2 Å². The van der Waals surface area contributed by atoms with Gasteiger partial charge in [0, 0.05) is 18.2 Å². The van der Waals surface area contributed by atoms with E-state index in [2.05, 4.69) is 15.0 Å². The maximum atomic E-state index is 12.2. The molecule has 0 saturated carbocycles. The predicted molar refractivity (Wildman–Crippen MR) is 84.5 cm³/mol. The van der Waals surface area contributed by atoms with Crippen LogP contribution in [0.3, 0.4) is 0 Å². The third kappa shape index (κ3) is 2.42. The maximum absolute atomic E-state index is 12.2. The molecule has 2 N–H and O–H groups in total. The quantitative estimate of drug-likeness (QED) is 0.771. The second-order valence-electron chi connectivity index (χ2n) is 5.49. The molecule has 0 radical (unpaired) electrons. The average molecular weight is 298 g/mol. The fraction of sp³-hybridized carbons (Fsp3) is 0.312. The van der Waals surface area contributed by atoms with Gasteiger partial charge in [-0.15, -0.1) is 0 Å². The normalized spacial score (nSPS) is 14.1. The van der Waals surface area contributed by atoms with Crippen molar-refractivity contribution < 1.29 is 5.11 Å². The van der Waals surface area contributed by atoms with E-state index in [0.717, 1.165) is 5.56 Å². The molecule has 0 bridgehead atoms. The zero-order chi connectivity index (χ0) is 15.7. The zero-order valence-electron chi connectivity index (χ0n) is 12.5. The molecule has 0 unspecified atom stereocenters. The van der Waals surface area contributed by atoms with Crippen LogP contribution in [0, 0.1) is 5.92 Å². The first-order valence-corrected chi connectivity index (χ1v) is 7.25. The van der Waals surface area contributed by atoms with Crippen molar-refractivity contribution in [3.8, 4) is 11.3 Å². The lowest BCUT2D eigenvalue weighted by Gasteiger charge is -2.18. The van der Waals surface area contributed by atoms with Gasteiger partial charge in [-0.25, -0.2) is 14.8 Å². The van der Waals surface area contributed by atoms with Gasteiger partial charge in [-0.1, -0.05) is 37.3 Å². The Labute approximate surface area is 127 Å². The minimum absolute atomic E-state index is 0.00604. The minimum atomic E-state index is -0.256. The van der Waals surface area contributed by atoms with Crippen molar-refractivity contribution in [2.24, 2.45) is 5.92 Å². The molecule has 2 atom stereocenters. The van der Waals surface area contributed by atoms with Gasteiger partial charge in [0.1, 0.15) is 0 Å². The minimum Gasteiger partial charge on any atom is -0.396 e. The first-order chi connectivity index (χ1) is 10.6. The summed E-state index contributed by atoms with van der Waals surface area (Å²) in [7, 11) is 0. The first-order valence-electron chi connectivity index (χ1n) is 7.25. The molecule has 2 heterocycles. The van der Waals surface area contributed by atoms with E-state index in [1.165, 1.54) is 0 Å². The lowest BCUT2D eigenvalue weighted by molar-refractivity contribution is 0.197. The predicted octanol–water partition coefficient (Wildman–Crippen LogP) is 1.98. The van der Waals surface area contributed by atoms with Gasteiger partial charge in [0.05, 0.1) is 11.9 Å². The molecule has 0 aliphatic rings. The molecule has 0 spiro atoms. The van der Waals surface area contributed by atoms with Crippen molar-refractivity contribution in [1.82, 2.24) is 19.5 Å². The van der Waals surface area contributed by atoms with Gasteiger partial charge in [0.2, 0.25) is 0 Å². The highest BCUT2D eigenvalue weighted by atomic mass is 16.3. The Morgan fingerprint density at radius 1 is 1.27 bits per heavy atom. The second kappa shape index (κ2) is 5.73. The highest BCUT2D eigenvalue weighted by Crippen LogP contribution is 2.22. The van der Waals surface area contributed by atoms with E-state index in [4.69, 9.17) is 0 Å². The first kappa shape index (κ1) is 14.5. The van der Waals surface area contributed by atoms with Crippen molar-refractivity contribution in [1.29, 1.82) is 0 Å². The number of hydrogen-bond donors (Lipinski definition) is 2. The Morgan fingerprint density at radius 2 is 2.00 bits per heavy atom. The molecule has 22 heavy (non-hydrogen) atoms. The highest BCUT2D eigenvalue weighted by molar-refractivity contribution is 5.70.